The lowest BCUT2D eigenvalue weighted by atomic mass is 9.84. The molecule has 0 aliphatic carbocycles. The molecule has 0 saturated carbocycles. The number of rotatable bonds is 4. The van der Waals surface area contributed by atoms with Gasteiger partial charge in [-0.25, -0.2) is 0 Å². The summed E-state index contributed by atoms with van der Waals surface area (Å²) in [6.07, 6.45) is 2.14. The van der Waals surface area contributed by atoms with Gasteiger partial charge in [0.1, 0.15) is 0 Å². The Hall–Kier alpha value is -0.530. The van der Waals surface area contributed by atoms with Crippen molar-refractivity contribution < 1.29 is 9.53 Å². The van der Waals surface area contributed by atoms with Gasteiger partial charge in [-0.05, 0) is 24.2 Å². The molecule has 0 saturated heterocycles. The van der Waals surface area contributed by atoms with Gasteiger partial charge in [0.2, 0.25) is 0 Å². The Balaban J connectivity index is 3.52. The third-order valence-electron chi connectivity index (χ3n) is 1.88. The summed E-state index contributed by atoms with van der Waals surface area (Å²) in [4.78, 5) is 10.5. The van der Waals surface area contributed by atoms with Gasteiger partial charge in [0.15, 0.2) is 0 Å². The van der Waals surface area contributed by atoms with Crippen molar-refractivity contribution in [2.45, 2.75) is 47.5 Å². The van der Waals surface area contributed by atoms with Crippen LogP contribution in [0.3, 0.4) is 0 Å². The van der Waals surface area contributed by atoms with Gasteiger partial charge < -0.3 is 4.74 Å². The van der Waals surface area contributed by atoms with Gasteiger partial charge in [0.05, 0.1) is 6.61 Å². The van der Waals surface area contributed by atoms with Crippen LogP contribution < -0.4 is 0 Å². The number of carbonyl (C=O) groups excluding carboxylic acids is 1. The van der Waals surface area contributed by atoms with E-state index in [0.29, 0.717) is 17.9 Å². The standard InChI is InChI=1S/C11H22O2/c1-9(8-11(3,4)5)6-7-13-10(2)12/h9H,6-8H2,1-5H3/t9-/m0/s1. The molecule has 0 aromatic rings. The maximum absolute atomic E-state index is 10.5. The second-order valence-electron chi connectivity index (χ2n) is 5.00. The summed E-state index contributed by atoms with van der Waals surface area (Å²) in [5.41, 5.74) is 0.371. The van der Waals surface area contributed by atoms with Crippen LogP contribution in [0.1, 0.15) is 47.5 Å². The minimum Gasteiger partial charge on any atom is -0.466 e. The van der Waals surface area contributed by atoms with E-state index in [0.717, 1.165) is 6.42 Å². The number of carbonyl (C=O) groups is 1. The van der Waals surface area contributed by atoms with E-state index in [-0.39, 0.29) is 5.97 Å². The van der Waals surface area contributed by atoms with Crippen LogP contribution >= 0.6 is 0 Å². The van der Waals surface area contributed by atoms with Crippen LogP contribution in [0.5, 0.6) is 0 Å². The molecule has 0 spiro atoms. The quantitative estimate of drug-likeness (QED) is 0.631. The largest absolute Gasteiger partial charge is 0.466 e. The maximum Gasteiger partial charge on any atom is 0.302 e. The van der Waals surface area contributed by atoms with Crippen molar-refractivity contribution in [2.24, 2.45) is 11.3 Å². The number of hydrogen-bond acceptors (Lipinski definition) is 2. The first-order chi connectivity index (χ1) is 5.81. The lowest BCUT2D eigenvalue weighted by molar-refractivity contribution is -0.141. The van der Waals surface area contributed by atoms with Crippen LogP contribution in [-0.2, 0) is 9.53 Å². The van der Waals surface area contributed by atoms with Gasteiger partial charge >= 0.3 is 5.97 Å². The molecule has 0 heterocycles. The predicted octanol–water partition coefficient (Wildman–Crippen LogP) is 3.01. The molecule has 0 bridgehead atoms. The number of esters is 1. The lowest BCUT2D eigenvalue weighted by Crippen LogP contribution is -2.13. The summed E-state index contributed by atoms with van der Waals surface area (Å²) in [5, 5.41) is 0. The van der Waals surface area contributed by atoms with Gasteiger partial charge in [-0.1, -0.05) is 27.7 Å². The van der Waals surface area contributed by atoms with Crippen LogP contribution in [0.4, 0.5) is 0 Å². The Labute approximate surface area is 81.7 Å². The fourth-order valence-corrected chi connectivity index (χ4v) is 1.55. The first-order valence-corrected chi connectivity index (χ1v) is 4.94. The Bertz CT molecular complexity index is 156. The maximum atomic E-state index is 10.5. The van der Waals surface area contributed by atoms with Crippen LogP contribution in [0.15, 0.2) is 0 Å². The fourth-order valence-electron chi connectivity index (χ4n) is 1.55. The average Bonchev–Trinajstić information content (AvgIpc) is 1.81. The summed E-state index contributed by atoms with van der Waals surface area (Å²) in [6.45, 7) is 10.9. The Morgan fingerprint density at radius 3 is 2.31 bits per heavy atom. The monoisotopic (exact) mass is 186 g/mol. The van der Waals surface area contributed by atoms with Crippen molar-refractivity contribution >= 4 is 5.97 Å². The Kier molecular flexibility index (Phi) is 5.04. The van der Waals surface area contributed by atoms with Crippen molar-refractivity contribution in [1.82, 2.24) is 0 Å². The normalized spacial score (nSPS) is 13.9. The minimum atomic E-state index is -0.178. The smallest absolute Gasteiger partial charge is 0.302 e. The van der Waals surface area contributed by atoms with Gasteiger partial charge in [-0.15, -0.1) is 0 Å². The number of ether oxygens (including phenoxy) is 1. The molecular weight excluding hydrogens is 164 g/mol. The van der Waals surface area contributed by atoms with E-state index in [4.69, 9.17) is 4.74 Å². The summed E-state index contributed by atoms with van der Waals surface area (Å²) >= 11 is 0. The highest BCUT2D eigenvalue weighted by Gasteiger charge is 2.15. The Morgan fingerprint density at radius 1 is 1.38 bits per heavy atom. The molecule has 2 heteroatoms. The molecule has 0 aromatic heterocycles. The molecule has 0 N–H and O–H groups in total. The van der Waals surface area contributed by atoms with E-state index in [1.807, 2.05) is 0 Å². The summed E-state index contributed by atoms with van der Waals surface area (Å²) in [7, 11) is 0. The van der Waals surface area contributed by atoms with Crippen molar-refractivity contribution in [3.05, 3.63) is 0 Å². The van der Waals surface area contributed by atoms with Gasteiger partial charge in [0, 0.05) is 6.92 Å². The van der Waals surface area contributed by atoms with E-state index < -0.39 is 0 Å². The molecule has 0 aliphatic rings. The van der Waals surface area contributed by atoms with Crippen LogP contribution in [0.25, 0.3) is 0 Å². The highest BCUT2D eigenvalue weighted by Crippen LogP contribution is 2.25. The van der Waals surface area contributed by atoms with E-state index in [9.17, 15) is 4.79 Å². The third kappa shape index (κ3) is 9.38. The highest BCUT2D eigenvalue weighted by molar-refractivity contribution is 5.65. The van der Waals surface area contributed by atoms with E-state index in [2.05, 4.69) is 27.7 Å². The third-order valence-corrected chi connectivity index (χ3v) is 1.88. The van der Waals surface area contributed by atoms with Crippen molar-refractivity contribution in [3.8, 4) is 0 Å². The second-order valence-corrected chi connectivity index (χ2v) is 5.00. The van der Waals surface area contributed by atoms with E-state index in [1.165, 1.54) is 13.3 Å². The lowest BCUT2D eigenvalue weighted by Gasteiger charge is -2.22. The molecule has 0 aliphatic heterocycles. The second kappa shape index (κ2) is 5.25. The molecule has 13 heavy (non-hydrogen) atoms. The summed E-state index contributed by atoms with van der Waals surface area (Å²) in [5.74, 6) is 0.447. The molecule has 0 unspecified atom stereocenters. The fraction of sp³-hybridized carbons (Fsp3) is 0.909. The van der Waals surface area contributed by atoms with Gasteiger partial charge in [-0.2, -0.15) is 0 Å². The zero-order valence-corrected chi connectivity index (χ0v) is 9.52. The molecule has 0 radical (unpaired) electrons. The Morgan fingerprint density at radius 2 is 1.92 bits per heavy atom. The predicted molar refractivity (Wildman–Crippen MR) is 54.5 cm³/mol. The summed E-state index contributed by atoms with van der Waals surface area (Å²) in [6, 6.07) is 0. The van der Waals surface area contributed by atoms with Crippen molar-refractivity contribution in [3.63, 3.8) is 0 Å². The summed E-state index contributed by atoms with van der Waals surface area (Å²) < 4.78 is 4.89. The van der Waals surface area contributed by atoms with Crippen LogP contribution in [0, 0.1) is 11.3 Å². The van der Waals surface area contributed by atoms with Crippen molar-refractivity contribution in [1.29, 1.82) is 0 Å². The molecule has 0 aromatic carbocycles. The molecule has 0 amide bonds. The number of hydrogen-bond donors (Lipinski definition) is 0. The van der Waals surface area contributed by atoms with Crippen LogP contribution in [-0.4, -0.2) is 12.6 Å². The average molecular weight is 186 g/mol. The molecule has 2 nitrogen and oxygen atoms in total. The van der Waals surface area contributed by atoms with Gasteiger partial charge in [-0.3, -0.25) is 4.79 Å². The minimum absolute atomic E-state index is 0.178. The zero-order chi connectivity index (χ0) is 10.5. The van der Waals surface area contributed by atoms with Crippen LogP contribution in [0.2, 0.25) is 0 Å². The zero-order valence-electron chi connectivity index (χ0n) is 9.52. The highest BCUT2D eigenvalue weighted by atomic mass is 16.5. The molecular formula is C11H22O2. The molecule has 0 rings (SSSR count). The van der Waals surface area contributed by atoms with Crippen molar-refractivity contribution in [2.75, 3.05) is 6.61 Å². The SMILES string of the molecule is CC(=O)OCC[C@H](C)CC(C)(C)C. The molecule has 0 fully saturated rings. The molecule has 78 valence electrons. The molecule has 1 atom stereocenters. The van der Waals surface area contributed by atoms with Gasteiger partial charge in [0.25, 0.3) is 0 Å². The van der Waals surface area contributed by atoms with E-state index >= 15 is 0 Å². The van der Waals surface area contributed by atoms with E-state index in [1.54, 1.807) is 0 Å². The first-order valence-electron chi connectivity index (χ1n) is 4.94. The topological polar surface area (TPSA) is 26.3 Å². The first kappa shape index (κ1) is 12.5.